The van der Waals surface area contributed by atoms with Crippen molar-refractivity contribution in [3.8, 4) is 5.88 Å². The minimum absolute atomic E-state index is 0.615. The number of rotatable bonds is 5. The van der Waals surface area contributed by atoms with Crippen molar-refractivity contribution in [3.05, 3.63) is 23.9 Å². The van der Waals surface area contributed by atoms with Gasteiger partial charge in [0.15, 0.2) is 0 Å². The first-order chi connectivity index (χ1) is 8.83. The van der Waals surface area contributed by atoms with Crippen LogP contribution in [-0.2, 0) is 6.54 Å². The van der Waals surface area contributed by atoms with E-state index in [2.05, 4.69) is 16.0 Å². The molecule has 18 heavy (non-hydrogen) atoms. The molecule has 2 rings (SSSR count). The Kier molecular flexibility index (Phi) is 5.26. The number of aromatic nitrogens is 1. The molecule has 0 spiro atoms. The summed E-state index contributed by atoms with van der Waals surface area (Å²) < 4.78 is 5.17. The Bertz CT molecular complexity index is 371. The standard InChI is InChI=1S/C14H21ClN2O/c1-18-14-7-4-5-12(16-14)11-17-10-3-2-6-13(17)8-9-15/h4-5,7,13H,2-3,6,8-11H2,1H3. The van der Waals surface area contributed by atoms with Crippen LogP contribution < -0.4 is 4.74 Å². The van der Waals surface area contributed by atoms with Crippen molar-refractivity contribution in [2.75, 3.05) is 19.5 Å². The third kappa shape index (κ3) is 3.59. The van der Waals surface area contributed by atoms with Gasteiger partial charge in [-0.1, -0.05) is 12.5 Å². The van der Waals surface area contributed by atoms with Gasteiger partial charge < -0.3 is 4.74 Å². The van der Waals surface area contributed by atoms with Gasteiger partial charge in [0.2, 0.25) is 5.88 Å². The Morgan fingerprint density at radius 1 is 1.44 bits per heavy atom. The summed E-state index contributed by atoms with van der Waals surface area (Å²) in [4.78, 5) is 6.99. The van der Waals surface area contributed by atoms with Gasteiger partial charge in [0.1, 0.15) is 0 Å². The van der Waals surface area contributed by atoms with Gasteiger partial charge in [0, 0.05) is 24.5 Å². The first-order valence-electron chi connectivity index (χ1n) is 6.63. The lowest BCUT2D eigenvalue weighted by atomic mass is 10.00. The van der Waals surface area contributed by atoms with Gasteiger partial charge in [-0.2, -0.15) is 0 Å². The van der Waals surface area contributed by atoms with E-state index in [1.54, 1.807) is 7.11 Å². The second-order valence-corrected chi connectivity index (χ2v) is 5.15. The second kappa shape index (κ2) is 6.95. The van der Waals surface area contributed by atoms with Crippen LogP contribution in [0.1, 0.15) is 31.4 Å². The minimum Gasteiger partial charge on any atom is -0.481 e. The molecule has 3 nitrogen and oxygen atoms in total. The van der Waals surface area contributed by atoms with Crippen LogP contribution in [0.25, 0.3) is 0 Å². The number of alkyl halides is 1. The van der Waals surface area contributed by atoms with Crippen LogP contribution in [0.3, 0.4) is 0 Å². The lowest BCUT2D eigenvalue weighted by Crippen LogP contribution is -2.39. The van der Waals surface area contributed by atoms with Crippen LogP contribution in [0.2, 0.25) is 0 Å². The highest BCUT2D eigenvalue weighted by Crippen LogP contribution is 2.22. The molecule has 0 bridgehead atoms. The molecule has 0 radical (unpaired) electrons. The largest absolute Gasteiger partial charge is 0.481 e. The van der Waals surface area contributed by atoms with Crippen LogP contribution in [-0.4, -0.2) is 35.5 Å². The van der Waals surface area contributed by atoms with Gasteiger partial charge in [-0.15, -0.1) is 11.6 Å². The van der Waals surface area contributed by atoms with Crippen molar-refractivity contribution in [1.29, 1.82) is 0 Å². The van der Waals surface area contributed by atoms with Crippen molar-refractivity contribution in [2.45, 2.75) is 38.3 Å². The molecule has 1 aromatic rings. The number of methoxy groups -OCH3 is 1. The average Bonchev–Trinajstić information content (AvgIpc) is 2.41. The van der Waals surface area contributed by atoms with Gasteiger partial charge in [-0.05, 0) is 31.9 Å². The molecule has 1 aliphatic heterocycles. The Hall–Kier alpha value is -0.800. The van der Waals surface area contributed by atoms with E-state index >= 15 is 0 Å². The molecule has 0 aliphatic carbocycles. The summed E-state index contributed by atoms with van der Waals surface area (Å²) in [5.41, 5.74) is 1.08. The zero-order chi connectivity index (χ0) is 12.8. The van der Waals surface area contributed by atoms with Crippen molar-refractivity contribution in [2.24, 2.45) is 0 Å². The molecule has 0 saturated carbocycles. The molecule has 0 amide bonds. The van der Waals surface area contributed by atoms with Gasteiger partial charge in [-0.25, -0.2) is 4.98 Å². The maximum absolute atomic E-state index is 5.89. The Morgan fingerprint density at radius 2 is 2.33 bits per heavy atom. The summed E-state index contributed by atoms with van der Waals surface area (Å²) in [5, 5.41) is 0. The maximum Gasteiger partial charge on any atom is 0.213 e. The Morgan fingerprint density at radius 3 is 3.11 bits per heavy atom. The molecule has 1 aliphatic rings. The molecular weight excluding hydrogens is 248 g/mol. The number of hydrogen-bond acceptors (Lipinski definition) is 3. The van der Waals surface area contributed by atoms with Crippen LogP contribution in [0, 0.1) is 0 Å². The van der Waals surface area contributed by atoms with Gasteiger partial charge in [0.05, 0.1) is 12.8 Å². The van der Waals surface area contributed by atoms with Gasteiger partial charge >= 0.3 is 0 Å². The van der Waals surface area contributed by atoms with E-state index in [0.717, 1.165) is 31.1 Å². The zero-order valence-corrected chi connectivity index (χ0v) is 11.7. The number of piperidine rings is 1. The molecule has 1 atom stereocenters. The fourth-order valence-corrected chi connectivity index (χ4v) is 2.84. The second-order valence-electron chi connectivity index (χ2n) is 4.77. The normalized spacial score (nSPS) is 20.9. The topological polar surface area (TPSA) is 25.4 Å². The highest BCUT2D eigenvalue weighted by Gasteiger charge is 2.22. The molecule has 1 aromatic heterocycles. The molecule has 1 saturated heterocycles. The smallest absolute Gasteiger partial charge is 0.213 e. The lowest BCUT2D eigenvalue weighted by Gasteiger charge is -2.35. The van der Waals surface area contributed by atoms with E-state index in [9.17, 15) is 0 Å². The maximum atomic E-state index is 5.89. The third-order valence-corrected chi connectivity index (χ3v) is 3.77. The molecule has 1 fully saturated rings. The zero-order valence-electron chi connectivity index (χ0n) is 10.9. The third-order valence-electron chi connectivity index (χ3n) is 3.55. The van der Waals surface area contributed by atoms with E-state index in [1.807, 2.05) is 12.1 Å². The SMILES string of the molecule is COc1cccc(CN2CCCCC2CCCl)n1. The summed E-state index contributed by atoms with van der Waals surface area (Å²) in [6.45, 7) is 2.05. The Balaban J connectivity index is 2.01. The quantitative estimate of drug-likeness (QED) is 0.768. The minimum atomic E-state index is 0.615. The van der Waals surface area contributed by atoms with E-state index in [0.29, 0.717) is 11.9 Å². The number of nitrogens with zero attached hydrogens (tertiary/aromatic N) is 2. The van der Waals surface area contributed by atoms with Gasteiger partial charge in [-0.3, -0.25) is 4.90 Å². The molecule has 4 heteroatoms. The summed E-state index contributed by atoms with van der Waals surface area (Å²) in [6.07, 6.45) is 4.94. The van der Waals surface area contributed by atoms with Gasteiger partial charge in [0.25, 0.3) is 0 Å². The lowest BCUT2D eigenvalue weighted by molar-refractivity contribution is 0.135. The fraction of sp³-hybridized carbons (Fsp3) is 0.643. The van der Waals surface area contributed by atoms with Crippen LogP contribution in [0.15, 0.2) is 18.2 Å². The first kappa shape index (κ1) is 13.6. The summed E-state index contributed by atoms with van der Waals surface area (Å²) in [5.74, 6) is 1.44. The number of hydrogen-bond donors (Lipinski definition) is 0. The van der Waals surface area contributed by atoms with E-state index in [4.69, 9.17) is 16.3 Å². The van der Waals surface area contributed by atoms with E-state index < -0.39 is 0 Å². The predicted molar refractivity (Wildman–Crippen MR) is 74.2 cm³/mol. The van der Waals surface area contributed by atoms with Crippen molar-refractivity contribution in [3.63, 3.8) is 0 Å². The van der Waals surface area contributed by atoms with Crippen LogP contribution in [0.5, 0.6) is 5.88 Å². The summed E-state index contributed by atoms with van der Waals surface area (Å²) in [6, 6.07) is 6.57. The van der Waals surface area contributed by atoms with E-state index in [-0.39, 0.29) is 0 Å². The highest BCUT2D eigenvalue weighted by atomic mass is 35.5. The Labute approximate surface area is 114 Å². The number of ether oxygens (including phenoxy) is 1. The van der Waals surface area contributed by atoms with Crippen molar-refractivity contribution >= 4 is 11.6 Å². The van der Waals surface area contributed by atoms with Crippen molar-refractivity contribution in [1.82, 2.24) is 9.88 Å². The fourth-order valence-electron chi connectivity index (χ4n) is 2.59. The van der Waals surface area contributed by atoms with E-state index in [1.165, 1.54) is 19.3 Å². The molecule has 100 valence electrons. The first-order valence-corrected chi connectivity index (χ1v) is 7.17. The summed E-state index contributed by atoms with van der Waals surface area (Å²) >= 11 is 5.89. The number of likely N-dealkylation sites (tertiary alicyclic amines) is 1. The molecule has 0 aromatic carbocycles. The molecule has 2 heterocycles. The van der Waals surface area contributed by atoms with Crippen molar-refractivity contribution < 1.29 is 4.74 Å². The van der Waals surface area contributed by atoms with Crippen LogP contribution in [0.4, 0.5) is 0 Å². The summed E-state index contributed by atoms with van der Waals surface area (Å²) in [7, 11) is 1.66. The van der Waals surface area contributed by atoms with Crippen LogP contribution >= 0.6 is 11.6 Å². The highest BCUT2D eigenvalue weighted by molar-refractivity contribution is 6.17. The molecule has 0 N–H and O–H groups in total. The molecular formula is C14H21ClN2O. The average molecular weight is 269 g/mol. The molecule has 1 unspecified atom stereocenters. The number of pyridine rings is 1. The number of halogens is 1. The monoisotopic (exact) mass is 268 g/mol. The predicted octanol–water partition coefficient (Wildman–Crippen LogP) is 3.07.